The summed E-state index contributed by atoms with van der Waals surface area (Å²) >= 11 is 0. The van der Waals surface area contributed by atoms with Gasteiger partial charge in [0.15, 0.2) is 5.96 Å². The highest BCUT2D eigenvalue weighted by Crippen LogP contribution is 2.21. The quantitative estimate of drug-likeness (QED) is 0.410. The van der Waals surface area contributed by atoms with Crippen molar-refractivity contribution in [3.05, 3.63) is 17.5 Å². The summed E-state index contributed by atoms with van der Waals surface area (Å²) in [7, 11) is 0. The summed E-state index contributed by atoms with van der Waals surface area (Å²) < 4.78 is 38.2. The van der Waals surface area contributed by atoms with Crippen molar-refractivity contribution in [2.75, 3.05) is 19.6 Å². The molecular weight excluding hydrogens is 319 g/mol. The van der Waals surface area contributed by atoms with Crippen molar-refractivity contribution < 1.29 is 13.2 Å². The van der Waals surface area contributed by atoms with Crippen LogP contribution in [0.25, 0.3) is 0 Å². The zero-order valence-corrected chi connectivity index (χ0v) is 14.7. The van der Waals surface area contributed by atoms with Gasteiger partial charge in [-0.05, 0) is 46.1 Å². The Kier molecular flexibility index (Phi) is 8.63. The molecule has 2 N–H and O–H groups in total. The van der Waals surface area contributed by atoms with E-state index in [1.54, 1.807) is 0 Å². The van der Waals surface area contributed by atoms with Gasteiger partial charge >= 0.3 is 6.18 Å². The third-order valence-corrected chi connectivity index (χ3v) is 3.42. The summed E-state index contributed by atoms with van der Waals surface area (Å²) in [5.74, 6) is 0.651. The molecule has 24 heavy (non-hydrogen) atoms. The highest BCUT2D eigenvalue weighted by atomic mass is 19.4. The van der Waals surface area contributed by atoms with Gasteiger partial charge in [0.05, 0.1) is 5.69 Å². The van der Waals surface area contributed by atoms with Crippen molar-refractivity contribution in [1.29, 1.82) is 0 Å². The average Bonchev–Trinajstić information content (AvgIpc) is 2.79. The fraction of sp³-hybridized carbons (Fsp3) is 0.750. The maximum absolute atomic E-state index is 12.1. The van der Waals surface area contributed by atoms with Gasteiger partial charge in [-0.2, -0.15) is 18.3 Å². The summed E-state index contributed by atoms with van der Waals surface area (Å²) in [6.45, 7) is 8.58. The summed E-state index contributed by atoms with van der Waals surface area (Å²) in [5, 5.41) is 10.6. The van der Waals surface area contributed by atoms with Crippen LogP contribution >= 0.6 is 0 Å². The van der Waals surface area contributed by atoms with Crippen LogP contribution in [0.2, 0.25) is 0 Å². The molecule has 0 amide bonds. The minimum atomic E-state index is -4.07. The van der Waals surface area contributed by atoms with E-state index in [9.17, 15) is 13.2 Å². The van der Waals surface area contributed by atoms with Crippen LogP contribution in [0.5, 0.6) is 0 Å². The predicted molar refractivity (Wildman–Crippen MR) is 90.2 cm³/mol. The lowest BCUT2D eigenvalue weighted by atomic mass is 10.2. The number of hydrogen-bond acceptors (Lipinski definition) is 2. The summed E-state index contributed by atoms with van der Waals surface area (Å²) in [6.07, 6.45) is -3.34. The van der Waals surface area contributed by atoms with E-state index in [4.69, 9.17) is 0 Å². The van der Waals surface area contributed by atoms with Crippen LogP contribution in [0.1, 0.15) is 44.0 Å². The molecule has 1 rings (SSSR count). The Balaban J connectivity index is 2.27. The molecule has 0 aliphatic heterocycles. The third kappa shape index (κ3) is 8.79. The first-order chi connectivity index (χ1) is 11.3. The number of hydrogen-bond donors (Lipinski definition) is 2. The second kappa shape index (κ2) is 10.2. The van der Waals surface area contributed by atoms with Crippen LogP contribution in [0.4, 0.5) is 13.2 Å². The van der Waals surface area contributed by atoms with Crippen LogP contribution in [0.15, 0.2) is 11.1 Å². The van der Waals surface area contributed by atoms with Gasteiger partial charge in [0.25, 0.3) is 0 Å². The molecule has 0 radical (unpaired) electrons. The monoisotopic (exact) mass is 347 g/mol. The number of aryl methyl sites for hydroxylation is 3. The number of nitrogens with zero attached hydrogens (tertiary/aromatic N) is 3. The number of aliphatic imine (C=N–C) groups is 1. The van der Waals surface area contributed by atoms with Crippen LogP contribution in [-0.4, -0.2) is 41.6 Å². The Bertz CT molecular complexity index is 508. The molecule has 0 atom stereocenters. The number of alkyl halides is 3. The van der Waals surface area contributed by atoms with E-state index in [-0.39, 0.29) is 6.42 Å². The molecule has 8 heteroatoms. The molecule has 0 bridgehead atoms. The fourth-order valence-electron chi connectivity index (χ4n) is 2.31. The Morgan fingerprint density at radius 3 is 2.54 bits per heavy atom. The zero-order chi connectivity index (χ0) is 18.0. The number of guanidine groups is 1. The highest BCUT2D eigenvalue weighted by Gasteiger charge is 2.25. The second-order valence-corrected chi connectivity index (χ2v) is 5.76. The minimum Gasteiger partial charge on any atom is -0.357 e. The third-order valence-electron chi connectivity index (χ3n) is 3.42. The number of rotatable bonds is 9. The van der Waals surface area contributed by atoms with Gasteiger partial charge in [-0.3, -0.25) is 9.67 Å². The van der Waals surface area contributed by atoms with Gasteiger partial charge in [0.2, 0.25) is 0 Å². The van der Waals surface area contributed by atoms with Gasteiger partial charge in [-0.1, -0.05) is 0 Å². The normalized spacial score (nSPS) is 12.5. The molecule has 0 saturated carbocycles. The first-order valence-electron chi connectivity index (χ1n) is 8.42. The lowest BCUT2D eigenvalue weighted by molar-refractivity contribution is -0.135. The Hall–Kier alpha value is -1.73. The van der Waals surface area contributed by atoms with Crippen molar-refractivity contribution in [3.63, 3.8) is 0 Å². The predicted octanol–water partition coefficient (Wildman–Crippen LogP) is 3.18. The van der Waals surface area contributed by atoms with E-state index in [2.05, 4.69) is 20.7 Å². The number of halogens is 3. The standard InChI is InChI=1S/C16H28F3N5/c1-4-20-15(21-9-6-5-8-16(17,18)19)22-10-7-11-24-14(3)12-13(2)23-24/h12H,4-11H2,1-3H3,(H2,20,21,22). The van der Waals surface area contributed by atoms with E-state index in [1.165, 1.54) is 0 Å². The maximum Gasteiger partial charge on any atom is 0.389 e. The smallest absolute Gasteiger partial charge is 0.357 e. The lowest BCUT2D eigenvalue weighted by Crippen LogP contribution is -2.38. The summed E-state index contributed by atoms with van der Waals surface area (Å²) in [4.78, 5) is 4.44. The van der Waals surface area contributed by atoms with Gasteiger partial charge in [0.1, 0.15) is 0 Å². The molecule has 0 aliphatic carbocycles. The Morgan fingerprint density at radius 1 is 1.21 bits per heavy atom. The van der Waals surface area contributed by atoms with Gasteiger partial charge in [-0.15, -0.1) is 0 Å². The number of nitrogens with one attached hydrogen (secondary N) is 2. The zero-order valence-electron chi connectivity index (χ0n) is 14.7. The largest absolute Gasteiger partial charge is 0.389 e. The Morgan fingerprint density at radius 2 is 1.96 bits per heavy atom. The van der Waals surface area contributed by atoms with E-state index in [1.807, 2.05) is 31.5 Å². The minimum absolute atomic E-state index is 0.133. The summed E-state index contributed by atoms with van der Waals surface area (Å²) in [5.41, 5.74) is 2.14. The SMILES string of the molecule is CCNC(=NCCCn1nc(C)cc1C)NCCCCC(F)(F)F. The molecule has 0 saturated heterocycles. The van der Waals surface area contributed by atoms with E-state index < -0.39 is 12.6 Å². The van der Waals surface area contributed by atoms with Crippen molar-refractivity contribution in [2.24, 2.45) is 4.99 Å². The van der Waals surface area contributed by atoms with Crippen LogP contribution in [0.3, 0.4) is 0 Å². The molecule has 5 nitrogen and oxygen atoms in total. The molecule has 0 fully saturated rings. The van der Waals surface area contributed by atoms with E-state index >= 15 is 0 Å². The molecule has 0 aliphatic rings. The van der Waals surface area contributed by atoms with Gasteiger partial charge in [-0.25, -0.2) is 0 Å². The topological polar surface area (TPSA) is 54.2 Å². The van der Waals surface area contributed by atoms with Crippen LogP contribution in [0, 0.1) is 13.8 Å². The molecule has 1 heterocycles. The van der Waals surface area contributed by atoms with Crippen molar-refractivity contribution in [2.45, 2.75) is 59.2 Å². The molecule has 0 aromatic carbocycles. The second-order valence-electron chi connectivity index (χ2n) is 5.76. The molecule has 1 aromatic heterocycles. The van der Waals surface area contributed by atoms with Crippen LogP contribution in [-0.2, 0) is 6.54 Å². The first-order valence-corrected chi connectivity index (χ1v) is 8.42. The van der Waals surface area contributed by atoms with E-state index in [0.717, 1.165) is 24.4 Å². The first kappa shape index (κ1) is 20.3. The fourth-order valence-corrected chi connectivity index (χ4v) is 2.31. The van der Waals surface area contributed by atoms with Crippen molar-refractivity contribution in [1.82, 2.24) is 20.4 Å². The molecule has 0 spiro atoms. The average molecular weight is 347 g/mol. The van der Waals surface area contributed by atoms with Crippen molar-refractivity contribution >= 4 is 5.96 Å². The molecule has 0 unspecified atom stereocenters. The number of aromatic nitrogens is 2. The molecule has 138 valence electrons. The van der Waals surface area contributed by atoms with Crippen LogP contribution < -0.4 is 10.6 Å². The number of unbranched alkanes of at least 4 members (excludes halogenated alkanes) is 1. The highest BCUT2D eigenvalue weighted by molar-refractivity contribution is 5.79. The Labute approximate surface area is 141 Å². The van der Waals surface area contributed by atoms with Gasteiger partial charge < -0.3 is 10.6 Å². The van der Waals surface area contributed by atoms with E-state index in [0.29, 0.717) is 32.0 Å². The summed E-state index contributed by atoms with van der Waals surface area (Å²) in [6, 6.07) is 2.04. The van der Waals surface area contributed by atoms with Crippen molar-refractivity contribution in [3.8, 4) is 0 Å². The lowest BCUT2D eigenvalue weighted by Gasteiger charge is -2.12. The maximum atomic E-state index is 12.1. The van der Waals surface area contributed by atoms with Gasteiger partial charge in [0, 0.05) is 38.3 Å². The molecular formula is C16H28F3N5. The molecule has 1 aromatic rings.